The SMILES string of the molecule is CCCc1c(Cl)[nH]c(=O)n(Cc2cnn(C)c2C)c1=O. The number of nitrogens with zero attached hydrogens (tertiary/aromatic N) is 3. The van der Waals surface area contributed by atoms with Gasteiger partial charge in [0.2, 0.25) is 0 Å². The van der Waals surface area contributed by atoms with Crippen molar-refractivity contribution in [3.63, 3.8) is 0 Å². The summed E-state index contributed by atoms with van der Waals surface area (Å²) in [5.41, 5.74) is 1.38. The van der Waals surface area contributed by atoms with Gasteiger partial charge in [-0.25, -0.2) is 4.79 Å². The fourth-order valence-corrected chi connectivity index (χ4v) is 2.32. The summed E-state index contributed by atoms with van der Waals surface area (Å²) in [5.74, 6) is 0. The molecule has 20 heavy (non-hydrogen) atoms. The van der Waals surface area contributed by atoms with Gasteiger partial charge >= 0.3 is 5.69 Å². The van der Waals surface area contributed by atoms with E-state index >= 15 is 0 Å². The van der Waals surface area contributed by atoms with E-state index in [1.807, 2.05) is 20.9 Å². The molecule has 2 aromatic heterocycles. The minimum Gasteiger partial charge on any atom is -0.297 e. The van der Waals surface area contributed by atoms with Crippen LogP contribution in [0.3, 0.4) is 0 Å². The molecule has 1 N–H and O–H groups in total. The first kappa shape index (κ1) is 14.6. The molecule has 0 amide bonds. The quantitative estimate of drug-likeness (QED) is 0.863. The van der Waals surface area contributed by atoms with Crippen LogP contribution in [0.5, 0.6) is 0 Å². The van der Waals surface area contributed by atoms with Crippen LogP contribution in [0.1, 0.15) is 30.2 Å². The first-order chi connectivity index (χ1) is 9.45. The fraction of sp³-hybridized carbons (Fsp3) is 0.462. The van der Waals surface area contributed by atoms with Gasteiger partial charge in [0.05, 0.1) is 18.3 Å². The van der Waals surface area contributed by atoms with Gasteiger partial charge in [-0.2, -0.15) is 5.10 Å². The van der Waals surface area contributed by atoms with Crippen LogP contribution < -0.4 is 11.2 Å². The summed E-state index contributed by atoms with van der Waals surface area (Å²) < 4.78 is 2.87. The third-order valence-corrected chi connectivity index (χ3v) is 3.72. The van der Waals surface area contributed by atoms with Gasteiger partial charge in [0, 0.05) is 18.3 Å². The maximum atomic E-state index is 12.4. The fourth-order valence-electron chi connectivity index (χ4n) is 2.07. The van der Waals surface area contributed by atoms with Gasteiger partial charge in [0.1, 0.15) is 5.15 Å². The predicted molar refractivity (Wildman–Crippen MR) is 77.4 cm³/mol. The van der Waals surface area contributed by atoms with Gasteiger partial charge < -0.3 is 0 Å². The van der Waals surface area contributed by atoms with Crippen molar-refractivity contribution in [2.45, 2.75) is 33.2 Å². The molecule has 0 aliphatic heterocycles. The number of hydrogen-bond acceptors (Lipinski definition) is 3. The summed E-state index contributed by atoms with van der Waals surface area (Å²) >= 11 is 5.94. The third-order valence-electron chi connectivity index (χ3n) is 3.40. The Hall–Kier alpha value is -1.82. The largest absolute Gasteiger partial charge is 0.329 e. The van der Waals surface area contributed by atoms with Crippen molar-refractivity contribution >= 4 is 11.6 Å². The Morgan fingerprint density at radius 3 is 2.65 bits per heavy atom. The molecule has 0 spiro atoms. The Bertz CT molecular complexity index is 742. The molecule has 2 aromatic rings. The number of nitrogens with one attached hydrogen (secondary N) is 1. The second-order valence-electron chi connectivity index (χ2n) is 4.74. The van der Waals surface area contributed by atoms with E-state index in [-0.39, 0.29) is 17.3 Å². The van der Waals surface area contributed by atoms with Crippen molar-refractivity contribution < 1.29 is 0 Å². The van der Waals surface area contributed by atoms with E-state index in [1.165, 1.54) is 4.57 Å². The number of H-pyrrole nitrogens is 1. The average Bonchev–Trinajstić information content (AvgIpc) is 2.71. The van der Waals surface area contributed by atoms with Crippen LogP contribution in [0.25, 0.3) is 0 Å². The van der Waals surface area contributed by atoms with Crippen molar-refractivity contribution in [1.82, 2.24) is 19.3 Å². The molecule has 0 aliphatic rings. The molecule has 2 rings (SSSR count). The van der Waals surface area contributed by atoms with Crippen molar-refractivity contribution in [2.24, 2.45) is 7.05 Å². The minimum atomic E-state index is -0.497. The monoisotopic (exact) mass is 296 g/mol. The lowest BCUT2D eigenvalue weighted by Gasteiger charge is -2.08. The van der Waals surface area contributed by atoms with Crippen LogP contribution in [-0.2, 0) is 20.0 Å². The van der Waals surface area contributed by atoms with Gasteiger partial charge in [0.25, 0.3) is 5.56 Å². The van der Waals surface area contributed by atoms with E-state index in [0.29, 0.717) is 12.0 Å². The maximum Gasteiger partial charge on any atom is 0.329 e. The standard InChI is InChI=1S/C13H17ClN4O2/c1-4-5-10-11(14)16-13(20)18(12(10)19)7-9-6-15-17(3)8(9)2/h6H,4-5,7H2,1-3H3,(H,16,20). The highest BCUT2D eigenvalue weighted by Crippen LogP contribution is 2.10. The van der Waals surface area contributed by atoms with E-state index in [2.05, 4.69) is 10.1 Å². The highest BCUT2D eigenvalue weighted by Gasteiger charge is 2.14. The summed E-state index contributed by atoms with van der Waals surface area (Å²) in [6.07, 6.45) is 2.99. The van der Waals surface area contributed by atoms with Gasteiger partial charge in [0.15, 0.2) is 0 Å². The number of aromatic amines is 1. The second kappa shape index (κ2) is 5.66. The Balaban J connectivity index is 2.52. The number of hydrogen-bond donors (Lipinski definition) is 1. The predicted octanol–water partition coefficient (Wildman–Crippen LogP) is 1.23. The average molecular weight is 297 g/mol. The Morgan fingerprint density at radius 2 is 2.10 bits per heavy atom. The smallest absolute Gasteiger partial charge is 0.297 e. The lowest BCUT2D eigenvalue weighted by molar-refractivity contribution is 0.674. The van der Waals surface area contributed by atoms with E-state index in [4.69, 9.17) is 11.6 Å². The zero-order chi connectivity index (χ0) is 14.9. The maximum absolute atomic E-state index is 12.4. The molecular formula is C13H17ClN4O2. The van der Waals surface area contributed by atoms with Gasteiger partial charge in [-0.3, -0.25) is 19.0 Å². The molecule has 0 aliphatic carbocycles. The number of aryl methyl sites for hydroxylation is 1. The molecule has 0 unspecified atom stereocenters. The van der Waals surface area contributed by atoms with E-state index in [1.54, 1.807) is 10.9 Å². The number of aromatic nitrogens is 4. The van der Waals surface area contributed by atoms with Crippen LogP contribution in [0.15, 0.2) is 15.8 Å². The molecule has 0 aromatic carbocycles. The molecule has 6 nitrogen and oxygen atoms in total. The van der Waals surface area contributed by atoms with Crippen LogP contribution in [0, 0.1) is 6.92 Å². The van der Waals surface area contributed by atoms with E-state index in [9.17, 15) is 9.59 Å². The van der Waals surface area contributed by atoms with Crippen LogP contribution >= 0.6 is 11.6 Å². The topological polar surface area (TPSA) is 72.7 Å². The Kier molecular flexibility index (Phi) is 4.13. The molecule has 0 radical (unpaired) electrons. The molecular weight excluding hydrogens is 280 g/mol. The minimum absolute atomic E-state index is 0.140. The Labute approximate surface area is 121 Å². The molecule has 0 saturated heterocycles. The lowest BCUT2D eigenvalue weighted by Crippen LogP contribution is -2.37. The normalized spacial score (nSPS) is 11.0. The summed E-state index contributed by atoms with van der Waals surface area (Å²) in [6, 6.07) is 0. The zero-order valence-corrected chi connectivity index (χ0v) is 12.5. The zero-order valence-electron chi connectivity index (χ0n) is 11.7. The first-order valence-corrected chi connectivity index (χ1v) is 6.82. The van der Waals surface area contributed by atoms with E-state index in [0.717, 1.165) is 17.7 Å². The van der Waals surface area contributed by atoms with E-state index < -0.39 is 5.69 Å². The highest BCUT2D eigenvalue weighted by atomic mass is 35.5. The van der Waals surface area contributed by atoms with Gasteiger partial charge in [-0.1, -0.05) is 24.9 Å². The summed E-state index contributed by atoms with van der Waals surface area (Å²) in [5, 5.41) is 4.25. The summed E-state index contributed by atoms with van der Waals surface area (Å²) in [6.45, 7) is 4.04. The molecule has 0 fully saturated rings. The van der Waals surface area contributed by atoms with Crippen molar-refractivity contribution in [3.8, 4) is 0 Å². The number of halogens is 1. The van der Waals surface area contributed by atoms with Crippen molar-refractivity contribution in [2.75, 3.05) is 0 Å². The Morgan fingerprint density at radius 1 is 1.40 bits per heavy atom. The summed E-state index contributed by atoms with van der Waals surface area (Å²) in [4.78, 5) is 26.8. The van der Waals surface area contributed by atoms with Gasteiger partial charge in [-0.05, 0) is 13.3 Å². The van der Waals surface area contributed by atoms with Gasteiger partial charge in [-0.15, -0.1) is 0 Å². The van der Waals surface area contributed by atoms with Crippen molar-refractivity contribution in [1.29, 1.82) is 0 Å². The molecule has 0 saturated carbocycles. The molecule has 0 atom stereocenters. The van der Waals surface area contributed by atoms with Crippen LogP contribution in [0.4, 0.5) is 0 Å². The van der Waals surface area contributed by atoms with Crippen LogP contribution in [-0.4, -0.2) is 19.3 Å². The number of rotatable bonds is 4. The highest BCUT2D eigenvalue weighted by molar-refractivity contribution is 6.30. The second-order valence-corrected chi connectivity index (χ2v) is 5.12. The lowest BCUT2D eigenvalue weighted by atomic mass is 10.2. The molecule has 2 heterocycles. The molecule has 0 bridgehead atoms. The third kappa shape index (κ3) is 2.56. The first-order valence-electron chi connectivity index (χ1n) is 6.44. The molecule has 108 valence electrons. The van der Waals surface area contributed by atoms with Crippen LogP contribution in [0.2, 0.25) is 5.15 Å². The van der Waals surface area contributed by atoms with Crippen molar-refractivity contribution in [3.05, 3.63) is 49.0 Å². The molecule has 7 heteroatoms. The summed E-state index contributed by atoms with van der Waals surface area (Å²) in [7, 11) is 1.82.